The molecule has 9 rings (SSSR count). The molecule has 5 aromatic rings. The molecule has 0 aromatic heterocycles. The van der Waals surface area contributed by atoms with Gasteiger partial charge in [0.2, 0.25) is 11.8 Å². The number of ether oxygens (including phenoxy) is 1. The van der Waals surface area contributed by atoms with Crippen LogP contribution in [0.5, 0.6) is 17.2 Å². The van der Waals surface area contributed by atoms with Gasteiger partial charge in [0.25, 0.3) is 11.8 Å². The number of nitrogens with zero attached hydrogens (tertiary/aromatic N) is 2. The minimum Gasteiger partial charge on any atom is -0.508 e. The SMILES string of the molecule is COc1ccc([C@@]23C(=O)N(Nc4ccc(Cl)cc4Cl)C(=O)[C@@H]2C[C@@H]2C(=CC[C@@H]4C(=O)N(CCc5ccc(O)cc5)C(=O)[C@@H]42)[C@@H]3c2c(O)ccc3ccccc23)cc1. The van der Waals surface area contributed by atoms with Gasteiger partial charge in [-0.25, -0.2) is 0 Å². The Kier molecular flexibility index (Phi) is 9.01. The van der Waals surface area contributed by atoms with Crippen molar-refractivity contribution in [2.24, 2.45) is 23.7 Å². The summed E-state index contributed by atoms with van der Waals surface area (Å²) in [6, 6.07) is 29.4. The fraction of sp³-hybridized carbons (Fsp3) is 0.244. The highest BCUT2D eigenvalue weighted by molar-refractivity contribution is 6.36. The van der Waals surface area contributed by atoms with Crippen LogP contribution < -0.4 is 10.2 Å². The van der Waals surface area contributed by atoms with E-state index in [4.69, 9.17) is 27.9 Å². The number of amides is 4. The predicted molar refractivity (Wildman–Crippen MR) is 215 cm³/mol. The average Bonchev–Trinajstić information content (AvgIpc) is 3.59. The number of rotatable bonds is 8. The number of carbonyl (C=O) groups is 4. The summed E-state index contributed by atoms with van der Waals surface area (Å²) in [4.78, 5) is 60.8. The topological polar surface area (TPSA) is 136 Å². The molecule has 3 N–H and O–H groups in total. The highest BCUT2D eigenvalue weighted by Crippen LogP contribution is 2.65. The van der Waals surface area contributed by atoms with Gasteiger partial charge in [0.05, 0.1) is 41.0 Å². The lowest BCUT2D eigenvalue weighted by Crippen LogP contribution is -2.53. The Hall–Kier alpha value is -5.84. The predicted octanol–water partition coefficient (Wildman–Crippen LogP) is 7.79. The number of benzene rings is 5. The molecule has 0 spiro atoms. The van der Waals surface area contributed by atoms with Gasteiger partial charge in [-0.2, -0.15) is 5.01 Å². The van der Waals surface area contributed by atoms with Crippen LogP contribution in [0.25, 0.3) is 10.8 Å². The zero-order valence-corrected chi connectivity index (χ0v) is 32.2. The molecular formula is C45H37Cl2N3O7. The number of nitrogens with one attached hydrogen (secondary N) is 1. The van der Waals surface area contributed by atoms with Gasteiger partial charge in [-0.15, -0.1) is 0 Å². The first kappa shape index (κ1) is 36.8. The second-order valence-corrected chi connectivity index (χ2v) is 16.0. The Morgan fingerprint density at radius 1 is 0.842 bits per heavy atom. The van der Waals surface area contributed by atoms with Gasteiger partial charge in [-0.05, 0) is 95.6 Å². The minimum atomic E-state index is -1.63. The average molecular weight is 803 g/mol. The van der Waals surface area contributed by atoms with Gasteiger partial charge in [0, 0.05) is 23.0 Å². The number of likely N-dealkylation sites (tertiary alicyclic amines) is 1. The standard InChI is InChI=1S/C45H37Cl2N3O7/c1-57-29-14-9-26(10-15-29)45-34(42(54)50(44(45)56)48-36-18-11-27(46)22-35(36)47)23-33-31(40(45)39-30-5-3-2-4-25(30)8-19-37(39)52)16-17-32-38(33)43(55)49(41(32)53)21-20-24-6-12-28(51)13-7-24/h2-16,18-19,22,32-34,38,40,48,51-52H,17,20-21,23H2,1H3/t32-,33+,34-,38-,40+,45+/m0/s1. The lowest BCUT2D eigenvalue weighted by atomic mass is 9.48. The number of imide groups is 2. The van der Waals surface area contributed by atoms with Crippen molar-refractivity contribution in [1.82, 2.24) is 9.91 Å². The molecule has 0 radical (unpaired) electrons. The number of halogens is 2. The first-order valence-corrected chi connectivity index (χ1v) is 19.6. The Morgan fingerprint density at radius 2 is 1.60 bits per heavy atom. The number of hydrogen-bond acceptors (Lipinski definition) is 8. The fourth-order valence-corrected chi connectivity index (χ4v) is 10.4. The number of hydrazine groups is 1. The molecule has 2 heterocycles. The molecule has 288 valence electrons. The van der Waals surface area contributed by atoms with E-state index in [1.165, 1.54) is 11.0 Å². The lowest BCUT2D eigenvalue weighted by molar-refractivity contribution is -0.141. The van der Waals surface area contributed by atoms with Crippen LogP contribution in [0.3, 0.4) is 0 Å². The van der Waals surface area contributed by atoms with E-state index in [0.29, 0.717) is 33.7 Å². The van der Waals surface area contributed by atoms with E-state index in [2.05, 4.69) is 5.43 Å². The van der Waals surface area contributed by atoms with E-state index < -0.39 is 46.8 Å². The summed E-state index contributed by atoms with van der Waals surface area (Å²) in [5.74, 6) is -5.14. The number of fused-ring (bicyclic) bond motifs is 5. The maximum Gasteiger partial charge on any atom is 0.260 e. The van der Waals surface area contributed by atoms with E-state index in [9.17, 15) is 19.8 Å². The number of phenolic OH excluding ortho intramolecular Hbond substituents is 2. The van der Waals surface area contributed by atoms with Crippen molar-refractivity contribution in [3.05, 3.63) is 142 Å². The summed E-state index contributed by atoms with van der Waals surface area (Å²) in [6.45, 7) is 0.154. The van der Waals surface area contributed by atoms with Gasteiger partial charge in [0.15, 0.2) is 0 Å². The van der Waals surface area contributed by atoms with Gasteiger partial charge in [-0.1, -0.05) is 89.4 Å². The summed E-state index contributed by atoms with van der Waals surface area (Å²) in [5.41, 5.74) is 4.24. The lowest BCUT2D eigenvalue weighted by Gasteiger charge is -2.51. The van der Waals surface area contributed by atoms with Crippen molar-refractivity contribution >= 4 is 63.3 Å². The van der Waals surface area contributed by atoms with E-state index in [1.807, 2.05) is 30.3 Å². The molecule has 0 bridgehead atoms. The van der Waals surface area contributed by atoms with Gasteiger partial charge in [-0.3, -0.25) is 29.5 Å². The molecule has 2 saturated heterocycles. The van der Waals surface area contributed by atoms with E-state index in [1.54, 1.807) is 79.9 Å². The molecule has 5 aromatic carbocycles. The maximum absolute atomic E-state index is 15.6. The molecular weight excluding hydrogens is 765 g/mol. The van der Waals surface area contributed by atoms with Crippen molar-refractivity contribution in [1.29, 1.82) is 0 Å². The van der Waals surface area contributed by atoms with Crippen LogP contribution in [0.2, 0.25) is 10.0 Å². The van der Waals surface area contributed by atoms with E-state index >= 15 is 9.59 Å². The molecule has 6 atom stereocenters. The molecule has 4 aliphatic rings. The largest absolute Gasteiger partial charge is 0.508 e. The highest BCUT2D eigenvalue weighted by Gasteiger charge is 2.70. The third-order valence-electron chi connectivity index (χ3n) is 12.5. The van der Waals surface area contributed by atoms with Crippen molar-refractivity contribution in [2.45, 2.75) is 30.6 Å². The number of methoxy groups -OCH3 is 1. The van der Waals surface area contributed by atoms with Crippen molar-refractivity contribution in [3.8, 4) is 17.2 Å². The number of phenols is 2. The summed E-state index contributed by atoms with van der Waals surface area (Å²) >= 11 is 12.8. The highest BCUT2D eigenvalue weighted by atomic mass is 35.5. The number of hydrogen-bond donors (Lipinski definition) is 3. The minimum absolute atomic E-state index is 0.0641. The molecule has 0 unspecified atom stereocenters. The van der Waals surface area contributed by atoms with Crippen LogP contribution in [-0.2, 0) is 31.0 Å². The number of anilines is 1. The Balaban J connectivity index is 1.23. The number of aromatic hydroxyl groups is 2. The third kappa shape index (κ3) is 5.68. The number of carbonyl (C=O) groups excluding carboxylic acids is 4. The van der Waals surface area contributed by atoms with Crippen LogP contribution in [0.15, 0.2) is 115 Å². The Labute approximate surface area is 338 Å². The summed E-state index contributed by atoms with van der Waals surface area (Å²) in [6.07, 6.45) is 2.70. The molecule has 12 heteroatoms. The Morgan fingerprint density at radius 3 is 2.33 bits per heavy atom. The van der Waals surface area contributed by atoms with Crippen molar-refractivity contribution in [2.75, 3.05) is 19.1 Å². The second-order valence-electron chi connectivity index (χ2n) is 15.2. The van der Waals surface area contributed by atoms with Crippen LogP contribution in [0.1, 0.15) is 35.4 Å². The Bertz CT molecular complexity index is 2520. The summed E-state index contributed by atoms with van der Waals surface area (Å²) in [7, 11) is 1.54. The maximum atomic E-state index is 15.6. The van der Waals surface area contributed by atoms with Crippen LogP contribution in [0, 0.1) is 23.7 Å². The first-order valence-electron chi connectivity index (χ1n) is 18.8. The molecule has 1 saturated carbocycles. The zero-order valence-electron chi connectivity index (χ0n) is 30.7. The van der Waals surface area contributed by atoms with Crippen LogP contribution in [-0.4, -0.2) is 57.4 Å². The normalized spacial score (nSPS) is 25.3. The number of allylic oxidation sites excluding steroid dienone is 2. The molecule has 2 aliphatic heterocycles. The molecule has 2 aliphatic carbocycles. The quantitative estimate of drug-likeness (QED) is 0.107. The van der Waals surface area contributed by atoms with Crippen molar-refractivity contribution in [3.63, 3.8) is 0 Å². The van der Waals surface area contributed by atoms with E-state index in [-0.39, 0.29) is 53.4 Å². The monoisotopic (exact) mass is 801 g/mol. The van der Waals surface area contributed by atoms with Gasteiger partial charge >= 0.3 is 0 Å². The summed E-state index contributed by atoms with van der Waals surface area (Å²) in [5, 5.41) is 24.9. The van der Waals surface area contributed by atoms with Crippen molar-refractivity contribution < 1.29 is 34.1 Å². The van der Waals surface area contributed by atoms with Gasteiger partial charge < -0.3 is 14.9 Å². The molecule has 3 fully saturated rings. The second kappa shape index (κ2) is 14.0. The van der Waals surface area contributed by atoms with Gasteiger partial charge in [0.1, 0.15) is 17.2 Å². The third-order valence-corrected chi connectivity index (χ3v) is 13.0. The molecule has 4 amide bonds. The smallest absolute Gasteiger partial charge is 0.260 e. The van der Waals surface area contributed by atoms with E-state index in [0.717, 1.165) is 21.5 Å². The summed E-state index contributed by atoms with van der Waals surface area (Å²) < 4.78 is 5.51. The molecule has 10 nitrogen and oxygen atoms in total. The zero-order chi connectivity index (χ0) is 39.7. The molecule has 57 heavy (non-hydrogen) atoms. The van der Waals surface area contributed by atoms with Crippen LogP contribution in [0.4, 0.5) is 5.69 Å². The van der Waals surface area contributed by atoms with Crippen LogP contribution >= 0.6 is 23.2 Å². The first-order chi connectivity index (χ1) is 27.5. The fourth-order valence-electron chi connectivity index (χ4n) is 9.93.